The number of nitro benzene ring substituents is 1. The van der Waals surface area contributed by atoms with Crippen LogP contribution < -0.4 is 4.90 Å². The third-order valence-electron chi connectivity index (χ3n) is 5.83. The number of fused-ring (bicyclic) bond motifs is 5. The lowest BCUT2D eigenvalue weighted by Gasteiger charge is -2.27. The largest absolute Gasteiger partial charge is 0.393 e. The number of nitrogens with zero attached hydrogens (tertiary/aromatic N) is 2. The quantitative estimate of drug-likeness (QED) is 0.379. The van der Waals surface area contributed by atoms with Crippen LogP contribution in [0.5, 0.6) is 0 Å². The minimum Gasteiger partial charge on any atom is -0.393 e. The van der Waals surface area contributed by atoms with Gasteiger partial charge in [0.25, 0.3) is 5.69 Å². The lowest BCUT2D eigenvalue weighted by molar-refractivity contribution is -0.384. The summed E-state index contributed by atoms with van der Waals surface area (Å²) in [6, 6.07) is 2.86. The van der Waals surface area contributed by atoms with E-state index in [2.05, 4.69) is 0 Å². The molecule has 0 radical (unpaired) electrons. The Balaban J connectivity index is 1.88. The number of nitro groups is 1. The Labute approximate surface area is 149 Å². The summed E-state index contributed by atoms with van der Waals surface area (Å²) in [7, 11) is 0. The van der Waals surface area contributed by atoms with Gasteiger partial charge in [0.15, 0.2) is 0 Å². The molecular weight excluding hydrogens is 340 g/mol. The molecule has 1 aromatic rings. The Bertz CT molecular complexity index is 909. The highest BCUT2D eigenvalue weighted by Gasteiger charge is 2.72. The summed E-state index contributed by atoms with van der Waals surface area (Å²) in [6.45, 7) is 4.74. The molecule has 0 spiro atoms. The smallest absolute Gasteiger partial charge is 0.293 e. The highest BCUT2D eigenvalue weighted by atomic mass is 16.6. The van der Waals surface area contributed by atoms with Gasteiger partial charge in [-0.3, -0.25) is 19.7 Å². The van der Waals surface area contributed by atoms with Gasteiger partial charge in [-0.05, 0) is 38.0 Å². The van der Waals surface area contributed by atoms with Crippen LogP contribution in [0.3, 0.4) is 0 Å². The molecule has 4 atom stereocenters. The van der Waals surface area contributed by atoms with E-state index in [4.69, 9.17) is 4.74 Å². The van der Waals surface area contributed by atoms with Gasteiger partial charge < -0.3 is 9.84 Å². The summed E-state index contributed by atoms with van der Waals surface area (Å²) in [5, 5.41) is 21.3. The number of carbonyl (C=O) groups is 2. The third-order valence-corrected chi connectivity index (χ3v) is 5.83. The van der Waals surface area contributed by atoms with Crippen molar-refractivity contribution in [3.8, 4) is 0 Å². The van der Waals surface area contributed by atoms with Gasteiger partial charge in [-0.15, -0.1) is 0 Å². The van der Waals surface area contributed by atoms with Crippen molar-refractivity contribution in [3.05, 3.63) is 45.5 Å². The average Bonchev–Trinajstić information content (AvgIpc) is 3.16. The zero-order chi connectivity index (χ0) is 19.0. The number of aliphatic hydroxyl groups is 1. The van der Waals surface area contributed by atoms with Crippen LogP contribution in [-0.2, 0) is 14.3 Å². The van der Waals surface area contributed by atoms with Crippen molar-refractivity contribution in [2.45, 2.75) is 32.0 Å². The van der Waals surface area contributed by atoms with Gasteiger partial charge in [-0.25, -0.2) is 4.90 Å². The van der Waals surface area contributed by atoms with Crippen LogP contribution in [-0.4, -0.2) is 39.7 Å². The minimum absolute atomic E-state index is 0.0291. The number of aryl methyl sites for hydroxylation is 2. The molecule has 136 valence electrons. The second-order valence-electron chi connectivity index (χ2n) is 7.38. The average molecular weight is 358 g/mol. The van der Waals surface area contributed by atoms with Crippen LogP contribution in [0.25, 0.3) is 0 Å². The number of amides is 2. The topological polar surface area (TPSA) is 110 Å². The van der Waals surface area contributed by atoms with E-state index in [1.165, 1.54) is 12.1 Å². The van der Waals surface area contributed by atoms with Crippen molar-refractivity contribution in [3.63, 3.8) is 0 Å². The fraction of sp³-hybridized carbons (Fsp3) is 0.444. The highest BCUT2D eigenvalue weighted by Crippen LogP contribution is 2.58. The summed E-state index contributed by atoms with van der Waals surface area (Å²) in [5.41, 5.74) is -1.15. The van der Waals surface area contributed by atoms with Crippen molar-refractivity contribution in [1.82, 2.24) is 0 Å². The molecule has 8 nitrogen and oxygen atoms in total. The van der Waals surface area contributed by atoms with Gasteiger partial charge in [-0.2, -0.15) is 0 Å². The molecule has 2 bridgehead atoms. The first-order chi connectivity index (χ1) is 12.1. The minimum atomic E-state index is -1.25. The van der Waals surface area contributed by atoms with E-state index >= 15 is 0 Å². The van der Waals surface area contributed by atoms with Crippen molar-refractivity contribution in [2.24, 2.45) is 11.8 Å². The van der Waals surface area contributed by atoms with Gasteiger partial charge in [-0.1, -0.05) is 12.2 Å². The number of carbonyl (C=O) groups excluding carboxylic acids is 2. The molecular formula is C18H18N2O6. The maximum Gasteiger partial charge on any atom is 0.293 e. The number of rotatable bonds is 3. The Morgan fingerprint density at radius 2 is 1.81 bits per heavy atom. The number of hydrogen-bond acceptors (Lipinski definition) is 6. The monoisotopic (exact) mass is 358 g/mol. The zero-order valence-electron chi connectivity index (χ0n) is 14.6. The predicted octanol–water partition coefficient (Wildman–Crippen LogP) is 1.41. The van der Waals surface area contributed by atoms with Crippen LogP contribution >= 0.6 is 0 Å². The Morgan fingerprint density at radius 3 is 2.42 bits per heavy atom. The number of ether oxygens (including phenoxy) is 1. The van der Waals surface area contributed by atoms with Crippen LogP contribution in [0.15, 0.2) is 24.3 Å². The molecule has 3 aliphatic rings. The van der Waals surface area contributed by atoms with Gasteiger partial charge in [0.05, 0.1) is 29.0 Å². The number of hydrogen-bond donors (Lipinski definition) is 1. The molecule has 1 aromatic carbocycles. The zero-order valence-corrected chi connectivity index (χ0v) is 14.6. The van der Waals surface area contributed by atoms with E-state index < -0.39 is 46.4 Å². The Kier molecular flexibility index (Phi) is 3.23. The first kappa shape index (κ1) is 16.9. The molecule has 0 aliphatic carbocycles. The lowest BCUT2D eigenvalue weighted by Crippen LogP contribution is -2.43. The number of imide groups is 1. The van der Waals surface area contributed by atoms with Crippen molar-refractivity contribution in [2.75, 3.05) is 11.5 Å². The van der Waals surface area contributed by atoms with E-state index in [-0.39, 0.29) is 11.4 Å². The Hall–Kier alpha value is -2.58. The summed E-state index contributed by atoms with van der Waals surface area (Å²) < 4.78 is 5.85. The van der Waals surface area contributed by atoms with Gasteiger partial charge in [0, 0.05) is 6.07 Å². The SMILES string of the molecule is Cc1cc(N2C(=O)[C@H]3[C@H](C2=O)[C@@]2(CO)C=C[C@@]3(C)O2)c([N+](=O)[O-])cc1C. The molecule has 3 heterocycles. The molecule has 2 saturated heterocycles. The van der Waals surface area contributed by atoms with Crippen LogP contribution in [0.2, 0.25) is 0 Å². The molecule has 2 amide bonds. The maximum atomic E-state index is 13.1. The molecule has 4 rings (SSSR count). The second-order valence-corrected chi connectivity index (χ2v) is 7.38. The summed E-state index contributed by atoms with van der Waals surface area (Å²) in [6.07, 6.45) is 3.31. The van der Waals surface area contributed by atoms with Crippen LogP contribution in [0, 0.1) is 35.8 Å². The summed E-state index contributed by atoms with van der Waals surface area (Å²) in [5.74, 6) is -2.81. The van der Waals surface area contributed by atoms with Gasteiger partial charge in [0.1, 0.15) is 11.3 Å². The molecule has 26 heavy (non-hydrogen) atoms. The first-order valence-electron chi connectivity index (χ1n) is 8.30. The van der Waals surface area contributed by atoms with E-state index in [1.807, 2.05) is 0 Å². The van der Waals surface area contributed by atoms with Gasteiger partial charge in [0.2, 0.25) is 11.8 Å². The molecule has 3 aliphatic heterocycles. The summed E-state index contributed by atoms with van der Waals surface area (Å²) >= 11 is 0. The molecule has 8 heteroatoms. The van der Waals surface area contributed by atoms with E-state index in [0.29, 0.717) is 5.56 Å². The normalized spacial score (nSPS) is 34.7. The fourth-order valence-electron chi connectivity index (χ4n) is 4.39. The van der Waals surface area contributed by atoms with Gasteiger partial charge >= 0.3 is 0 Å². The second kappa shape index (κ2) is 4.99. The van der Waals surface area contributed by atoms with E-state index in [0.717, 1.165) is 10.5 Å². The van der Waals surface area contributed by atoms with Crippen molar-refractivity contribution < 1.29 is 24.4 Å². The van der Waals surface area contributed by atoms with E-state index in [9.17, 15) is 24.8 Å². The number of aliphatic hydroxyl groups excluding tert-OH is 1. The first-order valence-corrected chi connectivity index (χ1v) is 8.30. The molecule has 1 N–H and O–H groups in total. The number of anilines is 1. The predicted molar refractivity (Wildman–Crippen MR) is 90.5 cm³/mol. The van der Waals surface area contributed by atoms with Crippen LogP contribution in [0.4, 0.5) is 11.4 Å². The van der Waals surface area contributed by atoms with Crippen LogP contribution in [0.1, 0.15) is 18.1 Å². The third kappa shape index (κ3) is 1.85. The maximum absolute atomic E-state index is 13.1. The molecule has 0 saturated carbocycles. The van der Waals surface area contributed by atoms with E-state index in [1.54, 1.807) is 32.9 Å². The standard InChI is InChI=1S/C18H18N2O6/c1-9-6-11(12(20(24)25)7-10(9)2)19-15(22)13-14(16(19)23)18(8-21)5-4-17(13,3)26-18/h4-7,13-14,21H,8H2,1-3H3/t13-,14-,17-,18+/m1/s1. The van der Waals surface area contributed by atoms with Crippen molar-refractivity contribution >= 4 is 23.2 Å². The number of benzene rings is 1. The fourth-order valence-corrected chi connectivity index (χ4v) is 4.39. The molecule has 0 unspecified atom stereocenters. The lowest BCUT2D eigenvalue weighted by atomic mass is 9.73. The Morgan fingerprint density at radius 1 is 1.19 bits per heavy atom. The molecule has 0 aromatic heterocycles. The van der Waals surface area contributed by atoms with Crippen molar-refractivity contribution in [1.29, 1.82) is 0 Å². The highest BCUT2D eigenvalue weighted by molar-refractivity contribution is 6.24. The summed E-state index contributed by atoms with van der Waals surface area (Å²) in [4.78, 5) is 38.0. The molecule has 2 fully saturated rings.